The van der Waals surface area contributed by atoms with Gasteiger partial charge in [-0.1, -0.05) is 145 Å². The third-order valence-electron chi connectivity index (χ3n) is 9.38. The molecule has 0 saturated carbocycles. The molecule has 0 atom stereocenters. The third-order valence-corrected chi connectivity index (χ3v) is 9.38. The molecule has 10 rings (SSSR count). The largest absolute Gasteiger partial charge is 0.456 e. The monoisotopic (exact) mass is 617 g/mol. The molecular weight excluding hydrogens is 585 g/mol. The summed E-state index contributed by atoms with van der Waals surface area (Å²) >= 11 is 0. The molecular formula is C46H28O2. The number of furan rings is 2. The SMILES string of the molecule is [2H]c1c([2H])c([2H])c(-c2c3ccccc3c(-c3ccc(-c4oc5ccccc5c4-c4ccc5oc6ccccc6c5c4)cc3)c3ccccc23)c([2H])c1[2H]. The van der Waals surface area contributed by atoms with Crippen molar-refractivity contribution in [1.29, 1.82) is 0 Å². The molecule has 0 aliphatic heterocycles. The maximum absolute atomic E-state index is 8.85. The molecule has 0 N–H and O–H groups in total. The zero-order chi connectivity index (χ0) is 36.0. The quantitative estimate of drug-likeness (QED) is 0.184. The van der Waals surface area contributed by atoms with E-state index in [1.807, 2.05) is 91.0 Å². The highest BCUT2D eigenvalue weighted by Gasteiger charge is 2.20. The normalized spacial score (nSPS) is 13.2. The fourth-order valence-corrected chi connectivity index (χ4v) is 7.29. The van der Waals surface area contributed by atoms with Crippen LogP contribution >= 0.6 is 0 Å². The number of rotatable bonds is 4. The molecule has 0 aliphatic rings. The summed E-state index contributed by atoms with van der Waals surface area (Å²) in [5, 5.41) is 6.61. The fraction of sp³-hybridized carbons (Fsp3) is 0. The molecule has 2 heteroatoms. The smallest absolute Gasteiger partial charge is 0.143 e. The minimum atomic E-state index is -0.405. The Bertz CT molecular complexity index is 3030. The first kappa shape index (κ1) is 22.2. The van der Waals surface area contributed by atoms with Gasteiger partial charge in [0.05, 0.1) is 6.85 Å². The van der Waals surface area contributed by atoms with Gasteiger partial charge in [0.1, 0.15) is 22.5 Å². The summed E-state index contributed by atoms with van der Waals surface area (Å²) in [4.78, 5) is 0. The summed E-state index contributed by atoms with van der Waals surface area (Å²) in [7, 11) is 0. The predicted octanol–water partition coefficient (Wildman–Crippen LogP) is 13.3. The van der Waals surface area contributed by atoms with Gasteiger partial charge in [-0.05, 0) is 73.6 Å². The van der Waals surface area contributed by atoms with Crippen molar-refractivity contribution in [1.82, 2.24) is 0 Å². The topological polar surface area (TPSA) is 26.3 Å². The molecule has 2 nitrogen and oxygen atoms in total. The van der Waals surface area contributed by atoms with Gasteiger partial charge in [-0.15, -0.1) is 0 Å². The maximum Gasteiger partial charge on any atom is 0.143 e. The average Bonchev–Trinajstić information content (AvgIpc) is 3.78. The molecule has 0 bridgehead atoms. The van der Waals surface area contributed by atoms with Crippen LogP contribution in [0.1, 0.15) is 6.85 Å². The van der Waals surface area contributed by atoms with Crippen molar-refractivity contribution in [3.63, 3.8) is 0 Å². The van der Waals surface area contributed by atoms with Crippen LogP contribution in [0.4, 0.5) is 0 Å². The van der Waals surface area contributed by atoms with Gasteiger partial charge in [-0.2, -0.15) is 0 Å². The van der Waals surface area contributed by atoms with Crippen LogP contribution in [-0.2, 0) is 0 Å². The lowest BCUT2D eigenvalue weighted by Gasteiger charge is -2.17. The van der Waals surface area contributed by atoms with Gasteiger partial charge < -0.3 is 8.83 Å². The van der Waals surface area contributed by atoms with E-state index < -0.39 is 6.04 Å². The standard InChI is InChI=1S/C46H28O2/c1-2-12-29(13-3-1)43-34-15-4-6-17-36(34)44(37-18-7-5-16-35(37)43)30-22-24-31(25-23-30)46-45(38-19-9-11-21-41(38)48-46)32-26-27-42-39(28-32)33-14-8-10-20-40(33)47-42/h1-28H/i1D,2D,3D,12D,13D. The Kier molecular flexibility index (Phi) is 4.89. The summed E-state index contributed by atoms with van der Waals surface area (Å²) in [6.07, 6.45) is 0. The van der Waals surface area contributed by atoms with Crippen molar-refractivity contribution in [3.05, 3.63) is 170 Å². The molecule has 0 fully saturated rings. The summed E-state index contributed by atoms with van der Waals surface area (Å²) < 4.78 is 55.5. The molecule has 10 aromatic rings. The molecule has 224 valence electrons. The summed E-state index contributed by atoms with van der Waals surface area (Å²) in [6, 6.07) is 45.2. The Morgan fingerprint density at radius 3 is 1.46 bits per heavy atom. The van der Waals surface area contributed by atoms with Crippen LogP contribution in [0.25, 0.3) is 99.2 Å². The number of hydrogen-bond acceptors (Lipinski definition) is 2. The molecule has 0 amide bonds. The Labute approximate surface area is 284 Å². The minimum absolute atomic E-state index is 0.198. The van der Waals surface area contributed by atoms with E-state index in [2.05, 4.69) is 48.5 Å². The van der Waals surface area contributed by atoms with E-state index in [4.69, 9.17) is 15.7 Å². The van der Waals surface area contributed by atoms with Gasteiger partial charge in [-0.3, -0.25) is 0 Å². The first-order valence-electron chi connectivity index (χ1n) is 18.4. The highest BCUT2D eigenvalue weighted by Crippen LogP contribution is 2.46. The second-order valence-electron chi connectivity index (χ2n) is 12.0. The molecule has 0 spiro atoms. The number of fused-ring (bicyclic) bond motifs is 6. The van der Waals surface area contributed by atoms with E-state index in [1.54, 1.807) is 0 Å². The van der Waals surface area contributed by atoms with E-state index in [0.29, 0.717) is 5.56 Å². The number of benzene rings is 8. The van der Waals surface area contributed by atoms with Gasteiger partial charge in [0.25, 0.3) is 0 Å². The van der Waals surface area contributed by atoms with Crippen LogP contribution in [0.3, 0.4) is 0 Å². The van der Waals surface area contributed by atoms with Gasteiger partial charge in [0.15, 0.2) is 0 Å². The fourth-order valence-electron chi connectivity index (χ4n) is 7.29. The van der Waals surface area contributed by atoms with Gasteiger partial charge in [-0.25, -0.2) is 0 Å². The Hall–Kier alpha value is -6.38. The maximum atomic E-state index is 8.85. The minimum Gasteiger partial charge on any atom is -0.456 e. The molecule has 48 heavy (non-hydrogen) atoms. The van der Waals surface area contributed by atoms with Gasteiger partial charge in [0, 0.05) is 27.3 Å². The summed E-state index contributed by atoms with van der Waals surface area (Å²) in [6.45, 7) is 0. The van der Waals surface area contributed by atoms with Crippen molar-refractivity contribution in [2.45, 2.75) is 0 Å². The van der Waals surface area contributed by atoms with E-state index in [1.165, 1.54) is 0 Å². The highest BCUT2D eigenvalue weighted by molar-refractivity contribution is 6.21. The van der Waals surface area contributed by atoms with Crippen LogP contribution in [0, 0.1) is 0 Å². The lowest BCUT2D eigenvalue weighted by atomic mass is 9.86. The van der Waals surface area contributed by atoms with Crippen LogP contribution in [0.15, 0.2) is 179 Å². The van der Waals surface area contributed by atoms with Crippen molar-refractivity contribution in [2.75, 3.05) is 0 Å². The van der Waals surface area contributed by atoms with E-state index in [-0.39, 0.29) is 29.7 Å². The highest BCUT2D eigenvalue weighted by atomic mass is 16.3. The van der Waals surface area contributed by atoms with Crippen LogP contribution < -0.4 is 0 Å². The van der Waals surface area contributed by atoms with Crippen LogP contribution in [-0.4, -0.2) is 0 Å². The first-order chi connectivity index (χ1) is 25.9. The molecule has 8 aromatic carbocycles. The van der Waals surface area contributed by atoms with Gasteiger partial charge in [0.2, 0.25) is 0 Å². The molecule has 0 radical (unpaired) electrons. The number of para-hydroxylation sites is 2. The van der Waals surface area contributed by atoms with Crippen LogP contribution in [0.5, 0.6) is 0 Å². The van der Waals surface area contributed by atoms with Crippen molar-refractivity contribution >= 4 is 54.5 Å². The zero-order valence-corrected chi connectivity index (χ0v) is 25.6. The first-order valence-corrected chi connectivity index (χ1v) is 15.9. The van der Waals surface area contributed by atoms with E-state index in [0.717, 1.165) is 88.0 Å². The van der Waals surface area contributed by atoms with Gasteiger partial charge >= 0.3 is 0 Å². The second kappa shape index (κ2) is 10.6. The molecule has 0 saturated heterocycles. The molecule has 2 aromatic heterocycles. The Morgan fingerprint density at radius 2 is 0.812 bits per heavy atom. The van der Waals surface area contributed by atoms with Crippen molar-refractivity contribution in [3.8, 4) is 44.7 Å². The molecule has 0 aliphatic carbocycles. The van der Waals surface area contributed by atoms with Crippen molar-refractivity contribution in [2.24, 2.45) is 0 Å². The summed E-state index contributed by atoms with van der Waals surface area (Å²) in [5.74, 6) is 0.774. The second-order valence-corrected chi connectivity index (χ2v) is 12.0. The van der Waals surface area contributed by atoms with E-state index >= 15 is 0 Å². The zero-order valence-electron chi connectivity index (χ0n) is 30.6. The van der Waals surface area contributed by atoms with Crippen molar-refractivity contribution < 1.29 is 15.7 Å². The van der Waals surface area contributed by atoms with E-state index in [9.17, 15) is 0 Å². The molecule has 2 heterocycles. The Morgan fingerprint density at radius 1 is 0.333 bits per heavy atom. The lowest BCUT2D eigenvalue weighted by molar-refractivity contribution is 0.632. The molecule has 0 unspecified atom stereocenters. The Balaban J connectivity index is 1.17. The lowest BCUT2D eigenvalue weighted by Crippen LogP contribution is -1.90. The average molecular weight is 618 g/mol. The number of hydrogen-bond donors (Lipinski definition) is 0. The predicted molar refractivity (Wildman–Crippen MR) is 200 cm³/mol. The van der Waals surface area contributed by atoms with Crippen LogP contribution in [0.2, 0.25) is 0 Å². The third kappa shape index (κ3) is 4.06. The summed E-state index contributed by atoms with van der Waals surface area (Å²) in [5.41, 5.74) is 8.29.